The first-order chi connectivity index (χ1) is 11.9. The van der Waals surface area contributed by atoms with Crippen molar-refractivity contribution >= 4 is 27.7 Å². The molecule has 0 aromatic carbocycles. The maximum absolute atomic E-state index is 11.9. The number of ketones is 1. The van der Waals surface area contributed by atoms with E-state index in [2.05, 4.69) is 29.8 Å². The highest BCUT2D eigenvalue weighted by atomic mass is 79.9. The Morgan fingerprint density at radius 2 is 1.96 bits per heavy atom. The van der Waals surface area contributed by atoms with Crippen molar-refractivity contribution in [3.05, 3.63) is 11.6 Å². The van der Waals surface area contributed by atoms with Crippen LogP contribution in [0.15, 0.2) is 11.6 Å². The van der Waals surface area contributed by atoms with Gasteiger partial charge in [-0.3, -0.25) is 9.59 Å². The number of halogens is 1. The SMILES string of the molecule is C[C@]12CC[C@H]3[C@@H](CCC4=CC(=O)CC[C@@]43C)[C@@H]1CC[C@@H]2OC(=O)CBr. The number of carbonyl (C=O) groups excluding carboxylic acids is 2. The highest BCUT2D eigenvalue weighted by Gasteiger charge is 2.59. The minimum absolute atomic E-state index is 0.0844. The molecule has 6 atom stereocenters. The molecule has 0 amide bonds. The Morgan fingerprint density at radius 1 is 1.16 bits per heavy atom. The van der Waals surface area contributed by atoms with Crippen molar-refractivity contribution in [3.63, 3.8) is 0 Å². The monoisotopic (exact) mass is 408 g/mol. The summed E-state index contributed by atoms with van der Waals surface area (Å²) in [5.41, 5.74) is 1.79. The minimum atomic E-state index is -0.124. The Kier molecular flexibility index (Phi) is 4.41. The third-order valence-corrected chi connectivity index (χ3v) is 8.72. The first kappa shape index (κ1) is 17.8. The first-order valence-corrected chi connectivity index (χ1v) is 11.0. The summed E-state index contributed by atoms with van der Waals surface area (Å²) >= 11 is 3.22. The minimum Gasteiger partial charge on any atom is -0.461 e. The van der Waals surface area contributed by atoms with E-state index in [4.69, 9.17) is 4.74 Å². The lowest BCUT2D eigenvalue weighted by Crippen LogP contribution is -2.51. The topological polar surface area (TPSA) is 43.4 Å². The lowest BCUT2D eigenvalue weighted by molar-refractivity contribution is -0.156. The highest BCUT2D eigenvalue weighted by molar-refractivity contribution is 9.09. The fourth-order valence-electron chi connectivity index (χ4n) is 6.90. The molecule has 0 saturated heterocycles. The van der Waals surface area contributed by atoms with Crippen LogP contribution in [0.2, 0.25) is 0 Å². The molecule has 0 heterocycles. The standard InChI is InChI=1S/C21H29BrO3/c1-20-9-7-14(23)11-13(20)3-4-15-16-5-6-18(25-19(24)12-22)21(16,2)10-8-17(15)20/h11,15-18H,3-10,12H2,1-2H3/t15-,16-,17-,18-,20-,21-/m0/s1. The molecular weight excluding hydrogens is 380 g/mol. The summed E-state index contributed by atoms with van der Waals surface area (Å²) in [6.07, 6.45) is 10.7. The highest BCUT2D eigenvalue weighted by Crippen LogP contribution is 2.65. The Morgan fingerprint density at radius 3 is 2.72 bits per heavy atom. The van der Waals surface area contributed by atoms with Crippen LogP contribution in [0.4, 0.5) is 0 Å². The quantitative estimate of drug-likeness (QED) is 0.485. The molecule has 4 aliphatic carbocycles. The molecule has 0 spiro atoms. The zero-order valence-corrected chi connectivity index (χ0v) is 16.9. The van der Waals surface area contributed by atoms with Crippen LogP contribution in [0.5, 0.6) is 0 Å². The van der Waals surface area contributed by atoms with Gasteiger partial charge in [0, 0.05) is 11.8 Å². The van der Waals surface area contributed by atoms with Crippen LogP contribution in [0.3, 0.4) is 0 Å². The molecule has 0 bridgehead atoms. The lowest BCUT2D eigenvalue weighted by Gasteiger charge is -2.57. The number of hydrogen-bond donors (Lipinski definition) is 0. The molecule has 25 heavy (non-hydrogen) atoms. The van der Waals surface area contributed by atoms with Crippen molar-refractivity contribution in [1.29, 1.82) is 0 Å². The van der Waals surface area contributed by atoms with Crippen molar-refractivity contribution < 1.29 is 14.3 Å². The van der Waals surface area contributed by atoms with E-state index in [1.165, 1.54) is 24.8 Å². The first-order valence-electron chi connectivity index (χ1n) is 9.88. The summed E-state index contributed by atoms with van der Waals surface area (Å²) in [7, 11) is 0. The van der Waals surface area contributed by atoms with Crippen LogP contribution >= 0.6 is 15.9 Å². The fraction of sp³-hybridized carbons (Fsp3) is 0.810. The molecule has 0 aromatic rings. The summed E-state index contributed by atoms with van der Waals surface area (Å²) in [5.74, 6) is 2.29. The molecule has 3 saturated carbocycles. The van der Waals surface area contributed by atoms with E-state index >= 15 is 0 Å². The summed E-state index contributed by atoms with van der Waals surface area (Å²) in [6, 6.07) is 0. The molecular formula is C21H29BrO3. The van der Waals surface area contributed by atoms with Crippen LogP contribution in [0.25, 0.3) is 0 Å². The van der Waals surface area contributed by atoms with Crippen molar-refractivity contribution in [1.82, 2.24) is 0 Å². The summed E-state index contributed by atoms with van der Waals surface area (Å²) < 4.78 is 5.82. The van der Waals surface area contributed by atoms with Gasteiger partial charge in [0.2, 0.25) is 0 Å². The Balaban J connectivity index is 1.59. The van der Waals surface area contributed by atoms with Crippen LogP contribution in [0, 0.1) is 28.6 Å². The van der Waals surface area contributed by atoms with Gasteiger partial charge in [-0.05, 0) is 74.2 Å². The fourth-order valence-corrected chi connectivity index (χ4v) is 7.03. The van der Waals surface area contributed by atoms with E-state index in [1.54, 1.807) is 0 Å². The van der Waals surface area contributed by atoms with E-state index < -0.39 is 0 Å². The van der Waals surface area contributed by atoms with Crippen LogP contribution in [-0.2, 0) is 14.3 Å². The predicted octanol–water partition coefficient (Wildman–Crippen LogP) is 4.83. The average Bonchev–Trinajstić information content (AvgIpc) is 2.92. The molecule has 0 aliphatic heterocycles. The number of fused-ring (bicyclic) bond motifs is 5. The molecule has 138 valence electrons. The van der Waals surface area contributed by atoms with Gasteiger partial charge in [0.1, 0.15) is 11.4 Å². The second-order valence-corrected chi connectivity index (χ2v) is 9.76. The van der Waals surface area contributed by atoms with Crippen molar-refractivity contribution in [2.24, 2.45) is 28.6 Å². The van der Waals surface area contributed by atoms with Crippen molar-refractivity contribution in [2.75, 3.05) is 5.33 Å². The van der Waals surface area contributed by atoms with Gasteiger partial charge in [-0.1, -0.05) is 35.4 Å². The van der Waals surface area contributed by atoms with E-state index in [9.17, 15) is 9.59 Å². The van der Waals surface area contributed by atoms with Gasteiger partial charge in [0.05, 0.1) is 0 Å². The van der Waals surface area contributed by atoms with Crippen molar-refractivity contribution in [2.45, 2.75) is 71.3 Å². The number of ether oxygens (including phenoxy) is 1. The smallest absolute Gasteiger partial charge is 0.316 e. The maximum Gasteiger partial charge on any atom is 0.316 e. The van der Waals surface area contributed by atoms with Crippen LogP contribution in [-0.4, -0.2) is 23.2 Å². The number of hydrogen-bond acceptors (Lipinski definition) is 3. The molecule has 4 rings (SSSR count). The zero-order chi connectivity index (χ0) is 17.8. The predicted molar refractivity (Wildman–Crippen MR) is 100 cm³/mol. The Bertz CT molecular complexity index is 627. The van der Waals surface area contributed by atoms with Gasteiger partial charge in [-0.2, -0.15) is 0 Å². The second kappa shape index (κ2) is 6.21. The van der Waals surface area contributed by atoms with Crippen LogP contribution in [0.1, 0.15) is 65.2 Å². The third-order valence-electron chi connectivity index (χ3n) is 8.26. The molecule has 0 N–H and O–H groups in total. The van der Waals surface area contributed by atoms with Gasteiger partial charge in [-0.25, -0.2) is 0 Å². The van der Waals surface area contributed by atoms with E-state index in [0.717, 1.165) is 38.0 Å². The normalized spacial score (nSPS) is 45.9. The summed E-state index contributed by atoms with van der Waals surface area (Å²) in [6.45, 7) is 4.78. The number of esters is 1. The third kappa shape index (κ3) is 2.65. The summed E-state index contributed by atoms with van der Waals surface area (Å²) in [5, 5.41) is 0.288. The number of alkyl halides is 1. The maximum atomic E-state index is 11.9. The molecule has 0 radical (unpaired) electrons. The molecule has 0 unspecified atom stereocenters. The molecule has 0 aromatic heterocycles. The molecule has 4 heteroatoms. The zero-order valence-electron chi connectivity index (χ0n) is 15.4. The largest absolute Gasteiger partial charge is 0.461 e. The van der Waals surface area contributed by atoms with Gasteiger partial charge in [0.15, 0.2) is 5.78 Å². The number of carbonyl (C=O) groups is 2. The van der Waals surface area contributed by atoms with E-state index in [-0.39, 0.29) is 28.2 Å². The van der Waals surface area contributed by atoms with Gasteiger partial charge < -0.3 is 4.74 Å². The summed E-state index contributed by atoms with van der Waals surface area (Å²) in [4.78, 5) is 23.7. The number of rotatable bonds is 2. The molecule has 3 fully saturated rings. The Hall–Kier alpha value is -0.640. The second-order valence-electron chi connectivity index (χ2n) is 9.20. The average molecular weight is 409 g/mol. The van der Waals surface area contributed by atoms with Gasteiger partial charge in [-0.15, -0.1) is 0 Å². The van der Waals surface area contributed by atoms with E-state index in [0.29, 0.717) is 17.6 Å². The molecule has 4 aliphatic rings. The van der Waals surface area contributed by atoms with Crippen LogP contribution < -0.4 is 0 Å². The lowest BCUT2D eigenvalue weighted by atomic mass is 9.47. The van der Waals surface area contributed by atoms with Gasteiger partial charge in [0.25, 0.3) is 0 Å². The number of allylic oxidation sites excluding steroid dienone is 1. The van der Waals surface area contributed by atoms with E-state index in [1.807, 2.05) is 6.08 Å². The Labute approximate surface area is 159 Å². The van der Waals surface area contributed by atoms with Gasteiger partial charge >= 0.3 is 5.97 Å². The van der Waals surface area contributed by atoms with Crippen molar-refractivity contribution in [3.8, 4) is 0 Å². The molecule has 3 nitrogen and oxygen atoms in total.